The van der Waals surface area contributed by atoms with Gasteiger partial charge in [-0.25, -0.2) is 0 Å². The molecule has 0 atom stereocenters. The number of aryl methyl sites for hydroxylation is 1. The van der Waals surface area contributed by atoms with E-state index in [0.29, 0.717) is 0 Å². The Morgan fingerprint density at radius 3 is 1.89 bits per heavy atom. The first-order valence-electron chi connectivity index (χ1n) is 7.86. The van der Waals surface area contributed by atoms with Crippen LogP contribution in [0.1, 0.15) is 51.2 Å². The van der Waals surface area contributed by atoms with E-state index in [1.165, 1.54) is 48.5 Å². The van der Waals surface area contributed by atoms with E-state index in [1.807, 2.05) is 0 Å². The summed E-state index contributed by atoms with van der Waals surface area (Å²) >= 11 is 0. The van der Waals surface area contributed by atoms with Crippen LogP contribution in [0.15, 0.2) is 24.3 Å². The summed E-state index contributed by atoms with van der Waals surface area (Å²) < 4.78 is 6.56. The lowest BCUT2D eigenvalue weighted by atomic mass is 10.1. The van der Waals surface area contributed by atoms with Crippen molar-refractivity contribution in [1.82, 2.24) is 0 Å². The van der Waals surface area contributed by atoms with Crippen LogP contribution in [0.2, 0.25) is 18.1 Å². The van der Waals surface area contributed by atoms with Gasteiger partial charge in [-0.15, -0.1) is 0 Å². The van der Waals surface area contributed by atoms with Gasteiger partial charge in [0.25, 0.3) is 0 Å². The van der Waals surface area contributed by atoms with Crippen molar-refractivity contribution in [2.45, 2.75) is 71.7 Å². The van der Waals surface area contributed by atoms with Crippen LogP contribution in [0.3, 0.4) is 0 Å². The minimum atomic E-state index is -1.50. The average molecular weight is 279 g/mol. The fourth-order valence-corrected chi connectivity index (χ4v) is 7.34. The Kier molecular flexibility index (Phi) is 7.40. The zero-order valence-corrected chi connectivity index (χ0v) is 14.2. The molecule has 0 spiro atoms. The van der Waals surface area contributed by atoms with Gasteiger partial charge in [-0.3, -0.25) is 0 Å². The second kappa shape index (κ2) is 8.54. The molecule has 0 unspecified atom stereocenters. The Bertz CT molecular complexity index is 345. The van der Waals surface area contributed by atoms with Crippen molar-refractivity contribution < 1.29 is 4.43 Å². The molecule has 0 saturated heterocycles. The Balaban J connectivity index is 2.73. The van der Waals surface area contributed by atoms with E-state index in [0.717, 1.165) is 6.61 Å². The van der Waals surface area contributed by atoms with Gasteiger partial charge in [0.1, 0.15) is 0 Å². The van der Waals surface area contributed by atoms with Gasteiger partial charge >= 0.3 is 0 Å². The largest absolute Gasteiger partial charge is 0.413 e. The molecule has 0 heterocycles. The van der Waals surface area contributed by atoms with Crippen LogP contribution >= 0.6 is 0 Å². The molecule has 1 aromatic rings. The topological polar surface area (TPSA) is 9.23 Å². The first kappa shape index (κ1) is 16.5. The van der Waals surface area contributed by atoms with Gasteiger partial charge in [0, 0.05) is 0 Å². The molecule has 2 heteroatoms. The fourth-order valence-electron chi connectivity index (χ4n) is 2.96. The van der Waals surface area contributed by atoms with Crippen molar-refractivity contribution in [3.8, 4) is 0 Å². The molecule has 0 N–H and O–H groups in total. The molecule has 0 radical (unpaired) electrons. The van der Waals surface area contributed by atoms with Gasteiger partial charge in [0.05, 0.1) is 6.61 Å². The molecular weight excluding hydrogens is 248 g/mol. The lowest BCUT2D eigenvalue weighted by molar-refractivity contribution is 0.282. The zero-order valence-electron chi connectivity index (χ0n) is 13.2. The van der Waals surface area contributed by atoms with Crippen LogP contribution in [0.4, 0.5) is 0 Å². The number of rotatable bonds is 9. The molecule has 0 bridgehead atoms. The Hall–Kier alpha value is -0.603. The molecule has 0 aromatic heterocycles. The SMILES string of the molecule is CCC[Si](CCC)(CCC)OCc1ccccc1C. The van der Waals surface area contributed by atoms with Gasteiger partial charge in [0.15, 0.2) is 8.32 Å². The van der Waals surface area contributed by atoms with Crippen LogP contribution in [0.25, 0.3) is 0 Å². The maximum atomic E-state index is 6.56. The maximum Gasteiger partial charge on any atom is 0.193 e. The minimum Gasteiger partial charge on any atom is -0.413 e. The third-order valence-electron chi connectivity index (χ3n) is 3.91. The Morgan fingerprint density at radius 1 is 0.895 bits per heavy atom. The number of hydrogen-bond donors (Lipinski definition) is 0. The van der Waals surface area contributed by atoms with Crippen LogP contribution in [-0.4, -0.2) is 8.32 Å². The molecule has 1 aromatic carbocycles. The normalized spacial score (nSPS) is 11.8. The van der Waals surface area contributed by atoms with Crippen molar-refractivity contribution >= 4 is 8.32 Å². The molecule has 0 saturated carbocycles. The van der Waals surface area contributed by atoms with Crippen molar-refractivity contribution in [3.05, 3.63) is 35.4 Å². The summed E-state index contributed by atoms with van der Waals surface area (Å²) in [6, 6.07) is 12.6. The second-order valence-corrected chi connectivity index (χ2v) is 9.80. The first-order valence-corrected chi connectivity index (χ1v) is 10.4. The smallest absolute Gasteiger partial charge is 0.193 e. The van der Waals surface area contributed by atoms with Gasteiger partial charge in [-0.2, -0.15) is 0 Å². The Morgan fingerprint density at radius 2 is 1.42 bits per heavy atom. The third-order valence-corrected chi connectivity index (χ3v) is 8.90. The van der Waals surface area contributed by atoms with E-state index in [1.54, 1.807) is 0 Å². The predicted molar refractivity (Wildman–Crippen MR) is 87.0 cm³/mol. The zero-order chi connectivity index (χ0) is 14.1. The van der Waals surface area contributed by atoms with Crippen LogP contribution < -0.4 is 0 Å². The van der Waals surface area contributed by atoms with E-state index < -0.39 is 8.32 Å². The summed E-state index contributed by atoms with van der Waals surface area (Å²) in [5, 5.41) is 0. The Labute approximate surface area is 120 Å². The minimum absolute atomic E-state index is 0.818. The van der Waals surface area contributed by atoms with E-state index in [-0.39, 0.29) is 0 Å². The highest BCUT2D eigenvalue weighted by molar-refractivity contribution is 6.73. The van der Waals surface area contributed by atoms with Crippen molar-refractivity contribution in [3.63, 3.8) is 0 Å². The van der Waals surface area contributed by atoms with E-state index in [9.17, 15) is 0 Å². The molecule has 0 amide bonds. The standard InChI is InChI=1S/C17H30OSi/c1-5-12-19(13-6-2,14-7-3)18-15-17-11-9-8-10-16(17)4/h8-11H,5-7,12-15H2,1-4H3. The number of hydrogen-bond acceptors (Lipinski definition) is 1. The molecule has 0 aliphatic rings. The quantitative estimate of drug-likeness (QED) is 0.527. The molecule has 1 rings (SSSR count). The van der Waals surface area contributed by atoms with Crippen molar-refractivity contribution in [2.24, 2.45) is 0 Å². The molecule has 0 aliphatic heterocycles. The average Bonchev–Trinajstić information content (AvgIpc) is 2.39. The molecule has 19 heavy (non-hydrogen) atoms. The fraction of sp³-hybridized carbons (Fsp3) is 0.647. The van der Waals surface area contributed by atoms with Gasteiger partial charge in [-0.05, 0) is 36.2 Å². The summed E-state index contributed by atoms with van der Waals surface area (Å²) in [5.41, 5.74) is 2.72. The molecule has 0 aliphatic carbocycles. The van der Waals surface area contributed by atoms with Crippen LogP contribution in [0, 0.1) is 6.92 Å². The van der Waals surface area contributed by atoms with E-state index in [2.05, 4.69) is 52.0 Å². The summed E-state index contributed by atoms with van der Waals surface area (Å²) in [6.07, 6.45) is 3.79. The van der Waals surface area contributed by atoms with Gasteiger partial charge < -0.3 is 4.43 Å². The van der Waals surface area contributed by atoms with Gasteiger partial charge in [0.2, 0.25) is 0 Å². The van der Waals surface area contributed by atoms with Crippen molar-refractivity contribution in [1.29, 1.82) is 0 Å². The summed E-state index contributed by atoms with van der Waals surface area (Å²) in [6.45, 7) is 9.89. The lowest BCUT2D eigenvalue weighted by Crippen LogP contribution is -2.37. The van der Waals surface area contributed by atoms with Crippen LogP contribution in [-0.2, 0) is 11.0 Å². The van der Waals surface area contributed by atoms with E-state index in [4.69, 9.17) is 4.43 Å². The molecule has 1 nitrogen and oxygen atoms in total. The first-order chi connectivity index (χ1) is 9.17. The summed E-state index contributed by atoms with van der Waals surface area (Å²) in [7, 11) is -1.50. The number of benzene rings is 1. The molecular formula is C17H30OSi. The highest BCUT2D eigenvalue weighted by Crippen LogP contribution is 2.28. The molecule has 0 fully saturated rings. The highest BCUT2D eigenvalue weighted by atomic mass is 28.4. The van der Waals surface area contributed by atoms with Gasteiger partial charge in [-0.1, -0.05) is 64.3 Å². The lowest BCUT2D eigenvalue weighted by Gasteiger charge is -2.31. The van der Waals surface area contributed by atoms with E-state index >= 15 is 0 Å². The van der Waals surface area contributed by atoms with Crippen LogP contribution in [0.5, 0.6) is 0 Å². The second-order valence-electron chi connectivity index (χ2n) is 5.65. The highest BCUT2D eigenvalue weighted by Gasteiger charge is 2.32. The monoisotopic (exact) mass is 278 g/mol. The summed E-state index contributed by atoms with van der Waals surface area (Å²) in [5.74, 6) is 0. The third kappa shape index (κ3) is 5.11. The summed E-state index contributed by atoms with van der Waals surface area (Å²) in [4.78, 5) is 0. The maximum absolute atomic E-state index is 6.56. The molecule has 108 valence electrons. The predicted octanol–water partition coefficient (Wildman–Crippen LogP) is 5.69. The van der Waals surface area contributed by atoms with Crippen molar-refractivity contribution in [2.75, 3.05) is 0 Å².